The zero-order valence-electron chi connectivity index (χ0n) is 14.1. The third-order valence-corrected chi connectivity index (χ3v) is 5.42. The summed E-state index contributed by atoms with van der Waals surface area (Å²) in [5, 5.41) is 0.360. The summed E-state index contributed by atoms with van der Waals surface area (Å²) in [5.41, 5.74) is 2.09. The van der Waals surface area contributed by atoms with Crippen LogP contribution in [0.25, 0.3) is 0 Å². The quantitative estimate of drug-likeness (QED) is 0.200. The highest BCUT2D eigenvalue weighted by Crippen LogP contribution is 2.24. The van der Waals surface area contributed by atoms with Crippen molar-refractivity contribution in [1.82, 2.24) is 0 Å². The van der Waals surface area contributed by atoms with E-state index in [1.807, 2.05) is 66.3 Å². The Hall–Kier alpha value is -2.08. The van der Waals surface area contributed by atoms with Gasteiger partial charge >= 0.3 is 0 Å². The van der Waals surface area contributed by atoms with Gasteiger partial charge in [0, 0.05) is 11.6 Å². The number of nitrogens with zero attached hydrogens (tertiary/aromatic N) is 2. The standard InChI is InChI=1S/C20H17ClN2OS2/c1-14-6-5-11-23(13-14)18(19(24)16-9-10-17(21)26-16)20(25)22-12-15-7-3-2-4-8-15/h2-11,13,18H,12H2,1H3/t18-/m0/s1. The molecule has 0 spiro atoms. The van der Waals surface area contributed by atoms with Crippen molar-refractivity contribution in [2.45, 2.75) is 19.5 Å². The van der Waals surface area contributed by atoms with Gasteiger partial charge in [0.2, 0.25) is 11.8 Å². The van der Waals surface area contributed by atoms with E-state index in [0.717, 1.165) is 11.1 Å². The molecule has 6 heteroatoms. The SMILES string of the molecule is Cc1ccc[n+]([C@@H](C(=O)c2ccc(Cl)s2)C([S-])=NCc2ccccc2)c1. The van der Waals surface area contributed by atoms with E-state index in [0.29, 0.717) is 20.8 Å². The number of aliphatic imine (C=N–C) groups is 1. The normalized spacial score (nSPS) is 12.8. The van der Waals surface area contributed by atoms with Crippen LogP contribution in [0.5, 0.6) is 0 Å². The highest BCUT2D eigenvalue weighted by Gasteiger charge is 2.29. The van der Waals surface area contributed by atoms with Crippen LogP contribution in [0, 0.1) is 6.92 Å². The molecule has 0 aliphatic heterocycles. The summed E-state index contributed by atoms with van der Waals surface area (Å²) in [6.07, 6.45) is 3.75. The van der Waals surface area contributed by atoms with Crippen molar-refractivity contribution in [3.05, 3.63) is 87.3 Å². The van der Waals surface area contributed by atoms with Gasteiger partial charge in [-0.15, -0.1) is 11.3 Å². The second-order valence-corrected chi connectivity index (χ2v) is 7.97. The van der Waals surface area contributed by atoms with Crippen molar-refractivity contribution in [2.75, 3.05) is 0 Å². The maximum atomic E-state index is 13.1. The van der Waals surface area contributed by atoms with Gasteiger partial charge in [0.25, 0.3) is 0 Å². The Balaban J connectivity index is 1.95. The molecule has 0 fully saturated rings. The number of Topliss-reactive ketones (excluding diaryl/α,β-unsaturated/α-hetero) is 1. The lowest BCUT2D eigenvalue weighted by molar-refractivity contribution is -0.692. The summed E-state index contributed by atoms with van der Waals surface area (Å²) in [4.78, 5) is 18.2. The third-order valence-electron chi connectivity index (χ3n) is 3.83. The summed E-state index contributed by atoms with van der Waals surface area (Å²) in [5.74, 6) is -0.0979. The first kappa shape index (κ1) is 18.7. The molecule has 2 aromatic heterocycles. The van der Waals surface area contributed by atoms with Gasteiger partial charge in [0.1, 0.15) is 0 Å². The van der Waals surface area contributed by atoms with Gasteiger partial charge < -0.3 is 17.6 Å². The monoisotopic (exact) mass is 400 g/mol. The van der Waals surface area contributed by atoms with Gasteiger partial charge in [-0.25, -0.2) is 0 Å². The Bertz CT molecular complexity index is 938. The van der Waals surface area contributed by atoms with Crippen LogP contribution in [-0.2, 0) is 19.2 Å². The average Bonchev–Trinajstić information content (AvgIpc) is 3.07. The van der Waals surface area contributed by atoms with Crippen LogP contribution in [0.4, 0.5) is 0 Å². The Morgan fingerprint density at radius 3 is 2.62 bits per heavy atom. The van der Waals surface area contributed by atoms with Gasteiger partial charge in [0.15, 0.2) is 12.4 Å². The molecular formula is C20H17ClN2OS2. The molecule has 0 radical (unpaired) electrons. The largest absolute Gasteiger partial charge is 0.758 e. The molecule has 0 saturated carbocycles. The Morgan fingerprint density at radius 1 is 1.19 bits per heavy atom. The van der Waals surface area contributed by atoms with E-state index in [1.165, 1.54) is 11.3 Å². The first-order valence-electron chi connectivity index (χ1n) is 8.07. The van der Waals surface area contributed by atoms with E-state index in [9.17, 15) is 4.79 Å². The number of halogens is 1. The number of hydrogen-bond acceptors (Lipinski definition) is 4. The van der Waals surface area contributed by atoms with E-state index >= 15 is 0 Å². The van der Waals surface area contributed by atoms with Gasteiger partial charge in [-0.1, -0.05) is 41.9 Å². The maximum Gasteiger partial charge on any atom is 0.244 e. The molecule has 0 unspecified atom stereocenters. The number of pyridine rings is 1. The average molecular weight is 401 g/mol. The zero-order chi connectivity index (χ0) is 18.5. The van der Waals surface area contributed by atoms with Crippen LogP contribution in [0.1, 0.15) is 26.8 Å². The summed E-state index contributed by atoms with van der Waals surface area (Å²) in [6.45, 7) is 2.42. The second-order valence-electron chi connectivity index (χ2n) is 5.84. The predicted octanol–water partition coefficient (Wildman–Crippen LogP) is 4.57. The molecule has 1 aromatic carbocycles. The van der Waals surface area contributed by atoms with Crippen LogP contribution >= 0.6 is 22.9 Å². The van der Waals surface area contributed by atoms with Crippen LogP contribution < -0.4 is 4.57 Å². The Labute approximate surface area is 167 Å². The number of benzene rings is 1. The van der Waals surface area contributed by atoms with Crippen molar-refractivity contribution in [1.29, 1.82) is 0 Å². The zero-order valence-corrected chi connectivity index (χ0v) is 16.5. The molecule has 1 atom stereocenters. The molecule has 0 aliphatic carbocycles. The summed E-state index contributed by atoms with van der Waals surface area (Å²) in [6, 6.07) is 16.5. The molecule has 0 bridgehead atoms. The number of carbonyl (C=O) groups is 1. The third kappa shape index (κ3) is 4.55. The number of rotatable bonds is 6. The minimum absolute atomic E-state index is 0.0979. The van der Waals surface area contributed by atoms with E-state index in [1.54, 1.807) is 12.1 Å². The number of ketones is 1. The molecule has 0 saturated heterocycles. The first-order chi connectivity index (χ1) is 12.5. The smallest absolute Gasteiger partial charge is 0.244 e. The summed E-state index contributed by atoms with van der Waals surface area (Å²) >= 11 is 12.8. The topological polar surface area (TPSA) is 33.3 Å². The molecule has 3 nitrogen and oxygen atoms in total. The summed E-state index contributed by atoms with van der Waals surface area (Å²) in [7, 11) is 0. The van der Waals surface area contributed by atoms with Crippen molar-refractivity contribution >= 4 is 46.4 Å². The maximum absolute atomic E-state index is 13.1. The van der Waals surface area contributed by atoms with Crippen molar-refractivity contribution in [3.63, 3.8) is 0 Å². The molecule has 0 N–H and O–H groups in total. The van der Waals surface area contributed by atoms with Crippen molar-refractivity contribution in [3.8, 4) is 0 Å². The van der Waals surface area contributed by atoms with Gasteiger partial charge in [-0.2, -0.15) is 4.57 Å². The molecule has 0 aliphatic rings. The predicted molar refractivity (Wildman–Crippen MR) is 109 cm³/mol. The number of carbonyl (C=O) groups excluding carboxylic acids is 1. The fraction of sp³-hybridized carbons (Fsp3) is 0.150. The second kappa shape index (κ2) is 8.54. The first-order valence-corrected chi connectivity index (χ1v) is 9.67. The lowest BCUT2D eigenvalue weighted by atomic mass is 10.1. The Morgan fingerprint density at radius 2 is 1.96 bits per heavy atom. The summed E-state index contributed by atoms with van der Waals surface area (Å²) < 4.78 is 2.40. The molecule has 132 valence electrons. The molecule has 3 aromatic rings. The van der Waals surface area contributed by atoms with Crippen LogP contribution in [0.15, 0.2) is 72.0 Å². The highest BCUT2D eigenvalue weighted by atomic mass is 35.5. The number of thiophene rings is 1. The Kier molecular flexibility index (Phi) is 6.14. The van der Waals surface area contributed by atoms with E-state index in [2.05, 4.69) is 4.99 Å². The van der Waals surface area contributed by atoms with Crippen LogP contribution in [-0.4, -0.2) is 10.8 Å². The molecular weight excluding hydrogens is 384 g/mol. The van der Waals surface area contributed by atoms with E-state index in [-0.39, 0.29) is 5.78 Å². The van der Waals surface area contributed by atoms with E-state index < -0.39 is 6.04 Å². The van der Waals surface area contributed by atoms with E-state index in [4.69, 9.17) is 24.2 Å². The molecule has 2 heterocycles. The number of aryl methyl sites for hydroxylation is 1. The van der Waals surface area contributed by atoms with Gasteiger partial charge in [-0.3, -0.25) is 4.79 Å². The molecule has 3 rings (SSSR count). The van der Waals surface area contributed by atoms with Crippen molar-refractivity contribution < 1.29 is 9.36 Å². The van der Waals surface area contributed by atoms with Crippen LogP contribution in [0.3, 0.4) is 0 Å². The lowest BCUT2D eigenvalue weighted by Gasteiger charge is -2.18. The van der Waals surface area contributed by atoms with Crippen LogP contribution in [0.2, 0.25) is 4.34 Å². The highest BCUT2D eigenvalue weighted by molar-refractivity contribution is 7.77. The molecule has 0 amide bonds. The van der Waals surface area contributed by atoms with Crippen molar-refractivity contribution in [2.24, 2.45) is 4.99 Å². The lowest BCUT2D eigenvalue weighted by Crippen LogP contribution is -2.47. The van der Waals surface area contributed by atoms with Gasteiger partial charge in [0.05, 0.1) is 15.8 Å². The number of hydrogen-bond donors (Lipinski definition) is 0. The van der Waals surface area contributed by atoms with Gasteiger partial charge in [-0.05, 0) is 35.7 Å². The fourth-order valence-corrected chi connectivity index (χ4v) is 3.87. The minimum Gasteiger partial charge on any atom is -0.758 e. The fourth-order valence-electron chi connectivity index (χ4n) is 2.57. The minimum atomic E-state index is -0.664. The number of aromatic nitrogens is 1. The molecule has 26 heavy (non-hydrogen) atoms.